The van der Waals surface area contributed by atoms with Crippen molar-refractivity contribution in [3.05, 3.63) is 22.8 Å². The summed E-state index contributed by atoms with van der Waals surface area (Å²) >= 11 is 5.66. The van der Waals surface area contributed by atoms with E-state index < -0.39 is 11.7 Å². The van der Waals surface area contributed by atoms with Crippen LogP contribution < -0.4 is 15.8 Å². The standard InChI is InChI=1S/C12H15ClF3N3O2/c1-7(5-17)10(20)18-2-3-21-11-9(13)4-8(6-19-11)12(14,15)16/h4,6-7H,2-3,5,17H2,1H3,(H,18,20). The Morgan fingerprint density at radius 2 is 2.24 bits per heavy atom. The van der Waals surface area contributed by atoms with Crippen LogP contribution in [-0.4, -0.2) is 30.6 Å². The van der Waals surface area contributed by atoms with Crippen LogP contribution in [0, 0.1) is 5.92 Å². The zero-order chi connectivity index (χ0) is 16.0. The largest absolute Gasteiger partial charge is 0.475 e. The molecule has 1 heterocycles. The average molecular weight is 326 g/mol. The van der Waals surface area contributed by atoms with Gasteiger partial charge in [-0.25, -0.2) is 4.98 Å². The maximum atomic E-state index is 12.4. The fourth-order valence-corrected chi connectivity index (χ4v) is 1.51. The molecule has 0 aromatic carbocycles. The Balaban J connectivity index is 2.48. The molecule has 1 atom stereocenters. The lowest BCUT2D eigenvalue weighted by Crippen LogP contribution is -2.35. The Labute approximate surface area is 124 Å². The highest BCUT2D eigenvalue weighted by atomic mass is 35.5. The van der Waals surface area contributed by atoms with Crippen LogP contribution in [0.2, 0.25) is 5.02 Å². The van der Waals surface area contributed by atoms with E-state index in [0.717, 1.165) is 6.07 Å². The molecule has 118 valence electrons. The number of nitrogens with one attached hydrogen (secondary N) is 1. The molecule has 0 fully saturated rings. The fraction of sp³-hybridized carbons (Fsp3) is 0.500. The first-order chi connectivity index (χ1) is 9.75. The van der Waals surface area contributed by atoms with Crippen molar-refractivity contribution in [2.24, 2.45) is 11.7 Å². The number of ether oxygens (including phenoxy) is 1. The molecule has 0 aliphatic rings. The summed E-state index contributed by atoms with van der Waals surface area (Å²) < 4.78 is 42.3. The molecule has 21 heavy (non-hydrogen) atoms. The molecule has 1 unspecified atom stereocenters. The van der Waals surface area contributed by atoms with Gasteiger partial charge in [0.2, 0.25) is 11.8 Å². The Hall–Kier alpha value is -1.54. The van der Waals surface area contributed by atoms with E-state index in [1.807, 2.05) is 0 Å². The molecular formula is C12H15ClF3N3O2. The van der Waals surface area contributed by atoms with E-state index in [0.29, 0.717) is 6.20 Å². The number of nitrogens with zero attached hydrogens (tertiary/aromatic N) is 1. The minimum atomic E-state index is -4.51. The lowest BCUT2D eigenvalue weighted by atomic mass is 10.2. The summed E-state index contributed by atoms with van der Waals surface area (Å²) in [6.45, 7) is 2.09. The van der Waals surface area contributed by atoms with Gasteiger partial charge in [-0.3, -0.25) is 4.79 Å². The number of alkyl halides is 3. The van der Waals surface area contributed by atoms with Gasteiger partial charge < -0.3 is 15.8 Å². The zero-order valence-corrected chi connectivity index (χ0v) is 12.0. The van der Waals surface area contributed by atoms with Crippen LogP contribution in [0.5, 0.6) is 5.88 Å². The van der Waals surface area contributed by atoms with Crippen LogP contribution >= 0.6 is 11.6 Å². The number of hydrogen-bond acceptors (Lipinski definition) is 4. The highest BCUT2D eigenvalue weighted by molar-refractivity contribution is 6.31. The number of pyridine rings is 1. The minimum absolute atomic E-state index is 0.0289. The first-order valence-electron chi connectivity index (χ1n) is 6.09. The van der Waals surface area contributed by atoms with Crippen LogP contribution in [0.4, 0.5) is 13.2 Å². The highest BCUT2D eigenvalue weighted by Crippen LogP contribution is 2.32. The van der Waals surface area contributed by atoms with E-state index in [-0.39, 0.29) is 42.4 Å². The van der Waals surface area contributed by atoms with Gasteiger partial charge in [0.25, 0.3) is 0 Å². The number of carbonyl (C=O) groups excluding carboxylic acids is 1. The van der Waals surface area contributed by atoms with Crippen LogP contribution in [0.25, 0.3) is 0 Å². The minimum Gasteiger partial charge on any atom is -0.475 e. The molecule has 0 bridgehead atoms. The second kappa shape index (κ2) is 7.46. The summed E-state index contributed by atoms with van der Waals surface area (Å²) in [6.07, 6.45) is -3.88. The lowest BCUT2D eigenvalue weighted by molar-refractivity contribution is -0.137. The van der Waals surface area contributed by atoms with Crippen molar-refractivity contribution in [3.8, 4) is 5.88 Å². The smallest absolute Gasteiger partial charge is 0.417 e. The van der Waals surface area contributed by atoms with Crippen LogP contribution in [0.3, 0.4) is 0 Å². The molecule has 0 spiro atoms. The van der Waals surface area contributed by atoms with Gasteiger partial charge in [-0.1, -0.05) is 18.5 Å². The molecule has 0 radical (unpaired) electrons. The number of amides is 1. The van der Waals surface area contributed by atoms with Crippen molar-refractivity contribution in [2.45, 2.75) is 13.1 Å². The van der Waals surface area contributed by atoms with Gasteiger partial charge in [-0.05, 0) is 6.07 Å². The number of nitrogens with two attached hydrogens (primary N) is 1. The molecule has 3 N–H and O–H groups in total. The Bertz CT molecular complexity index is 497. The third-order valence-corrected chi connectivity index (χ3v) is 2.85. The maximum Gasteiger partial charge on any atom is 0.417 e. The van der Waals surface area contributed by atoms with Crippen LogP contribution in [0.1, 0.15) is 12.5 Å². The number of hydrogen-bond donors (Lipinski definition) is 2. The topological polar surface area (TPSA) is 77.2 Å². The zero-order valence-electron chi connectivity index (χ0n) is 11.2. The Morgan fingerprint density at radius 1 is 1.57 bits per heavy atom. The summed E-state index contributed by atoms with van der Waals surface area (Å²) in [4.78, 5) is 14.9. The molecule has 1 amide bonds. The highest BCUT2D eigenvalue weighted by Gasteiger charge is 2.31. The molecule has 5 nitrogen and oxygen atoms in total. The lowest BCUT2D eigenvalue weighted by Gasteiger charge is -2.12. The van der Waals surface area contributed by atoms with Crippen LogP contribution in [0.15, 0.2) is 12.3 Å². The van der Waals surface area contributed by atoms with Crippen molar-refractivity contribution in [2.75, 3.05) is 19.7 Å². The molecule has 0 aliphatic carbocycles. The van der Waals surface area contributed by atoms with Gasteiger partial charge >= 0.3 is 6.18 Å². The van der Waals surface area contributed by atoms with Gasteiger partial charge in [0.05, 0.1) is 12.1 Å². The van der Waals surface area contributed by atoms with Gasteiger partial charge in [-0.2, -0.15) is 13.2 Å². The molecule has 1 aromatic heterocycles. The molecular weight excluding hydrogens is 311 g/mol. The second-order valence-electron chi connectivity index (χ2n) is 4.28. The van der Waals surface area contributed by atoms with E-state index in [9.17, 15) is 18.0 Å². The molecule has 0 saturated heterocycles. The van der Waals surface area contributed by atoms with Gasteiger partial charge in [-0.15, -0.1) is 0 Å². The van der Waals surface area contributed by atoms with E-state index in [2.05, 4.69) is 10.3 Å². The molecule has 1 aromatic rings. The predicted octanol–water partition coefficient (Wildman–Crippen LogP) is 1.84. The first kappa shape index (κ1) is 17.5. The third-order valence-electron chi connectivity index (χ3n) is 2.58. The maximum absolute atomic E-state index is 12.4. The summed E-state index contributed by atoms with van der Waals surface area (Å²) in [5.41, 5.74) is 4.37. The molecule has 0 aliphatic heterocycles. The van der Waals surface area contributed by atoms with Gasteiger partial charge in [0.15, 0.2) is 0 Å². The Kier molecular flexibility index (Phi) is 6.22. The predicted molar refractivity (Wildman–Crippen MR) is 71.0 cm³/mol. The number of halogens is 4. The number of rotatable bonds is 6. The van der Waals surface area contributed by atoms with E-state index in [1.54, 1.807) is 6.92 Å². The van der Waals surface area contributed by atoms with Crippen LogP contribution in [-0.2, 0) is 11.0 Å². The summed E-state index contributed by atoms with van der Waals surface area (Å²) in [5, 5.41) is 2.32. The molecule has 9 heteroatoms. The fourth-order valence-electron chi connectivity index (χ4n) is 1.29. The summed E-state index contributed by atoms with van der Waals surface area (Å²) in [7, 11) is 0. The SMILES string of the molecule is CC(CN)C(=O)NCCOc1ncc(C(F)(F)F)cc1Cl. The summed E-state index contributed by atoms with van der Waals surface area (Å²) in [6, 6.07) is 0.735. The summed E-state index contributed by atoms with van der Waals surface area (Å²) in [5.74, 6) is -0.670. The van der Waals surface area contributed by atoms with Crippen molar-refractivity contribution in [1.82, 2.24) is 10.3 Å². The van der Waals surface area contributed by atoms with E-state index >= 15 is 0 Å². The molecule has 1 rings (SSSR count). The van der Waals surface area contributed by atoms with Gasteiger partial charge in [0.1, 0.15) is 11.6 Å². The van der Waals surface area contributed by atoms with E-state index in [1.165, 1.54) is 0 Å². The van der Waals surface area contributed by atoms with Gasteiger partial charge in [0, 0.05) is 18.7 Å². The normalized spacial score (nSPS) is 12.9. The van der Waals surface area contributed by atoms with Crippen molar-refractivity contribution >= 4 is 17.5 Å². The monoisotopic (exact) mass is 325 g/mol. The number of aromatic nitrogens is 1. The van der Waals surface area contributed by atoms with Crippen molar-refractivity contribution < 1.29 is 22.7 Å². The third kappa shape index (κ3) is 5.39. The second-order valence-corrected chi connectivity index (χ2v) is 4.69. The average Bonchev–Trinajstić information content (AvgIpc) is 2.42. The van der Waals surface area contributed by atoms with Crippen molar-refractivity contribution in [3.63, 3.8) is 0 Å². The quantitative estimate of drug-likeness (QED) is 0.782. The molecule has 0 saturated carbocycles. The first-order valence-corrected chi connectivity index (χ1v) is 6.46. The van der Waals surface area contributed by atoms with E-state index in [4.69, 9.17) is 22.1 Å². The number of carbonyl (C=O) groups is 1. The Morgan fingerprint density at radius 3 is 2.76 bits per heavy atom. The van der Waals surface area contributed by atoms with Crippen molar-refractivity contribution in [1.29, 1.82) is 0 Å².